The lowest BCUT2D eigenvalue weighted by Gasteiger charge is -2.16. The van der Waals surface area contributed by atoms with Crippen LogP contribution in [0, 0.1) is 11.6 Å². The Morgan fingerprint density at radius 2 is 1.64 bits per heavy atom. The van der Waals surface area contributed by atoms with Crippen molar-refractivity contribution in [3.05, 3.63) is 47.0 Å². The van der Waals surface area contributed by atoms with Crippen molar-refractivity contribution in [1.82, 2.24) is 5.32 Å². The molecule has 0 fully saturated rings. The average molecular weight is 394 g/mol. The third kappa shape index (κ3) is 4.13. The van der Waals surface area contributed by atoms with E-state index in [1.165, 1.54) is 33.5 Å². The van der Waals surface area contributed by atoms with Gasteiger partial charge in [-0.25, -0.2) is 8.78 Å². The number of anilines is 1. The molecular weight excluding hydrogens is 374 g/mol. The Hall–Kier alpha value is -3.36. The van der Waals surface area contributed by atoms with Gasteiger partial charge in [0.25, 0.3) is 11.8 Å². The van der Waals surface area contributed by atoms with E-state index >= 15 is 0 Å². The molecule has 2 N–H and O–H groups in total. The Kier molecular flexibility index (Phi) is 6.75. The van der Waals surface area contributed by atoms with Gasteiger partial charge in [-0.05, 0) is 31.2 Å². The Balaban J connectivity index is 2.53. The van der Waals surface area contributed by atoms with Crippen molar-refractivity contribution in [2.75, 3.05) is 33.2 Å². The van der Waals surface area contributed by atoms with Gasteiger partial charge in [0.1, 0.15) is 11.3 Å². The van der Waals surface area contributed by atoms with Crippen LogP contribution in [0.25, 0.3) is 0 Å². The lowest BCUT2D eigenvalue weighted by atomic mass is 10.1. The summed E-state index contributed by atoms with van der Waals surface area (Å²) in [5, 5.41) is 5.04. The molecule has 0 saturated heterocycles. The van der Waals surface area contributed by atoms with Gasteiger partial charge in [0.05, 0.1) is 27.0 Å². The zero-order chi connectivity index (χ0) is 20.8. The smallest absolute Gasteiger partial charge is 0.262 e. The van der Waals surface area contributed by atoms with Crippen molar-refractivity contribution in [2.45, 2.75) is 6.92 Å². The number of carbonyl (C=O) groups excluding carboxylic acids is 2. The van der Waals surface area contributed by atoms with E-state index in [-0.39, 0.29) is 28.5 Å². The molecule has 7 nitrogen and oxygen atoms in total. The molecule has 0 bridgehead atoms. The summed E-state index contributed by atoms with van der Waals surface area (Å²) >= 11 is 0. The van der Waals surface area contributed by atoms with Crippen molar-refractivity contribution < 1.29 is 32.6 Å². The fourth-order valence-electron chi connectivity index (χ4n) is 2.55. The minimum absolute atomic E-state index is 0.0406. The number of amides is 2. The molecule has 9 heteroatoms. The van der Waals surface area contributed by atoms with Gasteiger partial charge in [-0.1, -0.05) is 0 Å². The van der Waals surface area contributed by atoms with E-state index in [0.29, 0.717) is 6.54 Å². The van der Waals surface area contributed by atoms with Gasteiger partial charge in [0, 0.05) is 12.1 Å². The summed E-state index contributed by atoms with van der Waals surface area (Å²) in [6, 6.07) is 4.76. The highest BCUT2D eigenvalue weighted by atomic mass is 19.2. The largest absolute Gasteiger partial charge is 0.496 e. The molecular formula is C19H20F2N2O5. The van der Waals surface area contributed by atoms with Crippen LogP contribution in [0.4, 0.5) is 14.5 Å². The van der Waals surface area contributed by atoms with Gasteiger partial charge in [0.15, 0.2) is 23.1 Å². The molecule has 0 spiro atoms. The van der Waals surface area contributed by atoms with Crippen molar-refractivity contribution >= 4 is 17.5 Å². The number of benzene rings is 2. The second kappa shape index (κ2) is 9.03. The Morgan fingerprint density at radius 1 is 0.964 bits per heavy atom. The van der Waals surface area contributed by atoms with E-state index in [1.807, 2.05) is 0 Å². The Bertz CT molecular complexity index is 902. The lowest BCUT2D eigenvalue weighted by Crippen LogP contribution is -2.23. The average Bonchev–Trinajstić information content (AvgIpc) is 2.69. The number of carbonyl (C=O) groups is 2. The summed E-state index contributed by atoms with van der Waals surface area (Å²) in [7, 11) is 3.92. The van der Waals surface area contributed by atoms with Gasteiger partial charge >= 0.3 is 0 Å². The zero-order valence-electron chi connectivity index (χ0n) is 15.8. The molecule has 150 valence electrons. The standard InChI is InChI=1S/C19H20F2N2O5/c1-5-22-18(24)10-8-12(17(28-4)14(9-10)27-3)23-19(25)15-13(26-2)7-6-11(20)16(15)21/h6-9H,5H2,1-4H3,(H,22,24)(H,23,25). The second-order valence-electron chi connectivity index (χ2n) is 5.51. The summed E-state index contributed by atoms with van der Waals surface area (Å²) in [4.78, 5) is 24.8. The number of hydrogen-bond donors (Lipinski definition) is 2. The minimum atomic E-state index is -1.36. The van der Waals surface area contributed by atoms with Crippen LogP contribution in [-0.4, -0.2) is 39.7 Å². The van der Waals surface area contributed by atoms with Crippen LogP contribution >= 0.6 is 0 Å². The molecule has 0 radical (unpaired) electrons. The maximum atomic E-state index is 14.2. The molecule has 2 aromatic rings. The molecule has 0 aliphatic carbocycles. The third-order valence-corrected chi connectivity index (χ3v) is 3.83. The maximum absolute atomic E-state index is 14.2. The fraction of sp³-hybridized carbons (Fsp3) is 0.263. The van der Waals surface area contributed by atoms with Crippen molar-refractivity contribution in [1.29, 1.82) is 0 Å². The summed E-state index contributed by atoms with van der Waals surface area (Å²) in [6.45, 7) is 2.14. The fourth-order valence-corrected chi connectivity index (χ4v) is 2.55. The first-order valence-electron chi connectivity index (χ1n) is 8.25. The van der Waals surface area contributed by atoms with E-state index < -0.39 is 29.0 Å². The van der Waals surface area contributed by atoms with E-state index in [9.17, 15) is 18.4 Å². The summed E-state index contributed by atoms with van der Waals surface area (Å²) in [6.07, 6.45) is 0. The Morgan fingerprint density at radius 3 is 2.21 bits per heavy atom. The third-order valence-electron chi connectivity index (χ3n) is 3.83. The lowest BCUT2D eigenvalue weighted by molar-refractivity contribution is 0.0953. The van der Waals surface area contributed by atoms with E-state index in [0.717, 1.165) is 12.1 Å². The maximum Gasteiger partial charge on any atom is 0.262 e. The molecule has 0 aliphatic heterocycles. The normalized spacial score (nSPS) is 10.2. The molecule has 0 unspecified atom stereocenters. The summed E-state index contributed by atoms with van der Waals surface area (Å²) in [5.74, 6) is -3.82. The molecule has 0 atom stereocenters. The first-order chi connectivity index (χ1) is 13.4. The van der Waals surface area contributed by atoms with Crippen molar-refractivity contribution in [2.24, 2.45) is 0 Å². The summed E-state index contributed by atoms with van der Waals surface area (Å²) in [5.41, 5.74) is -0.396. The van der Waals surface area contributed by atoms with Crippen LogP contribution in [-0.2, 0) is 0 Å². The number of hydrogen-bond acceptors (Lipinski definition) is 5. The Labute approximate surface area is 160 Å². The van der Waals surface area contributed by atoms with E-state index in [4.69, 9.17) is 14.2 Å². The number of ether oxygens (including phenoxy) is 3. The topological polar surface area (TPSA) is 85.9 Å². The molecule has 0 heterocycles. The quantitative estimate of drug-likeness (QED) is 0.754. The monoisotopic (exact) mass is 394 g/mol. The molecule has 0 saturated carbocycles. The van der Waals surface area contributed by atoms with Crippen molar-refractivity contribution in [3.63, 3.8) is 0 Å². The first kappa shape index (κ1) is 20.9. The van der Waals surface area contributed by atoms with Gasteiger partial charge < -0.3 is 24.8 Å². The van der Waals surface area contributed by atoms with Crippen LogP contribution in [0.5, 0.6) is 17.2 Å². The van der Waals surface area contributed by atoms with Crippen LogP contribution in [0.15, 0.2) is 24.3 Å². The highest BCUT2D eigenvalue weighted by Crippen LogP contribution is 2.37. The van der Waals surface area contributed by atoms with E-state index in [1.54, 1.807) is 6.92 Å². The highest BCUT2D eigenvalue weighted by molar-refractivity contribution is 6.08. The van der Waals surface area contributed by atoms with E-state index in [2.05, 4.69) is 10.6 Å². The zero-order valence-corrected chi connectivity index (χ0v) is 15.8. The summed E-state index contributed by atoms with van der Waals surface area (Å²) < 4.78 is 43.2. The number of rotatable bonds is 7. The van der Waals surface area contributed by atoms with Crippen LogP contribution < -0.4 is 24.8 Å². The number of methoxy groups -OCH3 is 3. The van der Waals surface area contributed by atoms with Gasteiger partial charge in [-0.15, -0.1) is 0 Å². The second-order valence-corrected chi connectivity index (χ2v) is 5.51. The van der Waals surface area contributed by atoms with Crippen LogP contribution in [0.1, 0.15) is 27.6 Å². The van der Waals surface area contributed by atoms with Gasteiger partial charge in [-0.2, -0.15) is 0 Å². The molecule has 2 rings (SSSR count). The van der Waals surface area contributed by atoms with Crippen LogP contribution in [0.2, 0.25) is 0 Å². The van der Waals surface area contributed by atoms with Crippen molar-refractivity contribution in [3.8, 4) is 17.2 Å². The van der Waals surface area contributed by atoms with Crippen LogP contribution in [0.3, 0.4) is 0 Å². The number of nitrogens with one attached hydrogen (secondary N) is 2. The predicted molar refractivity (Wildman–Crippen MR) is 98.4 cm³/mol. The van der Waals surface area contributed by atoms with Gasteiger partial charge in [-0.3, -0.25) is 9.59 Å². The van der Waals surface area contributed by atoms with Gasteiger partial charge in [0.2, 0.25) is 0 Å². The molecule has 0 aliphatic rings. The molecule has 2 amide bonds. The predicted octanol–water partition coefficient (Wildman–Crippen LogP) is 2.99. The molecule has 2 aromatic carbocycles. The first-order valence-corrected chi connectivity index (χ1v) is 8.25. The molecule has 0 aromatic heterocycles. The molecule has 28 heavy (non-hydrogen) atoms. The highest BCUT2D eigenvalue weighted by Gasteiger charge is 2.24. The SMILES string of the molecule is CCNC(=O)c1cc(NC(=O)c2c(OC)ccc(F)c2F)c(OC)c(OC)c1. The number of halogens is 2. The minimum Gasteiger partial charge on any atom is -0.496 e.